The van der Waals surface area contributed by atoms with Crippen LogP contribution in [0.1, 0.15) is 5.82 Å². The van der Waals surface area contributed by atoms with Crippen molar-refractivity contribution in [1.82, 2.24) is 9.55 Å². The van der Waals surface area contributed by atoms with Gasteiger partial charge in [-0.25, -0.2) is 4.98 Å². The van der Waals surface area contributed by atoms with Crippen LogP contribution in [0.3, 0.4) is 0 Å². The van der Waals surface area contributed by atoms with Crippen LogP contribution in [0.15, 0.2) is 17.5 Å². The Morgan fingerprint density at radius 3 is 3.36 bits per heavy atom. The van der Waals surface area contributed by atoms with Gasteiger partial charge in [0.1, 0.15) is 6.21 Å². The monoisotopic (exact) mass is 149 g/mol. The average Bonchev–Trinajstić information content (AvgIpc) is 2.39. The lowest BCUT2D eigenvalue weighted by Crippen LogP contribution is -2.00. The fourth-order valence-corrected chi connectivity index (χ4v) is 0.732. The van der Waals surface area contributed by atoms with E-state index in [-0.39, 0.29) is 0 Å². The maximum absolute atomic E-state index is 8.20. The van der Waals surface area contributed by atoms with Crippen LogP contribution < -0.4 is 0 Å². The van der Waals surface area contributed by atoms with Gasteiger partial charge in [0.25, 0.3) is 0 Å². The van der Waals surface area contributed by atoms with Gasteiger partial charge in [-0.2, -0.15) is 0 Å². The molecule has 0 saturated heterocycles. The van der Waals surface area contributed by atoms with Gasteiger partial charge < -0.3 is 9.77 Å². The molecule has 0 saturated carbocycles. The van der Waals surface area contributed by atoms with Gasteiger partial charge in [0.15, 0.2) is 5.82 Å². The highest BCUT2D eigenvalue weighted by atomic mass is 16.4. The Balaban J connectivity index is 2.88. The number of rotatable bonds is 2. The molecule has 0 aromatic carbocycles. The largest absolute Gasteiger partial charge is 0.411 e. The summed E-state index contributed by atoms with van der Waals surface area (Å²) in [5.41, 5.74) is 0. The number of imidazole rings is 1. The van der Waals surface area contributed by atoms with E-state index >= 15 is 0 Å². The Labute approximate surface area is 64.2 Å². The van der Waals surface area contributed by atoms with Gasteiger partial charge >= 0.3 is 0 Å². The summed E-state index contributed by atoms with van der Waals surface area (Å²) in [7, 11) is 0. The first-order valence-electron chi connectivity index (χ1n) is 3.00. The van der Waals surface area contributed by atoms with Gasteiger partial charge in [0.05, 0.1) is 6.54 Å². The standard InChI is InChI=1S/C7H7N3O/c1-2-4-10-5-3-8-7(10)6-9-11/h1,3,5-6,11H,4H2. The Morgan fingerprint density at radius 1 is 1.91 bits per heavy atom. The predicted molar refractivity (Wildman–Crippen MR) is 40.4 cm³/mol. The molecule has 0 bridgehead atoms. The van der Waals surface area contributed by atoms with Crippen LogP contribution in [0.5, 0.6) is 0 Å². The van der Waals surface area contributed by atoms with Crippen LogP contribution in [0.25, 0.3) is 0 Å². The zero-order chi connectivity index (χ0) is 8.10. The molecule has 56 valence electrons. The molecule has 4 nitrogen and oxygen atoms in total. The molecular weight excluding hydrogens is 142 g/mol. The molecule has 1 aromatic heterocycles. The lowest BCUT2D eigenvalue weighted by Gasteiger charge is -1.95. The summed E-state index contributed by atoms with van der Waals surface area (Å²) < 4.78 is 1.69. The van der Waals surface area contributed by atoms with E-state index in [1.165, 1.54) is 6.21 Å². The van der Waals surface area contributed by atoms with Gasteiger partial charge in [-0.05, 0) is 0 Å². The van der Waals surface area contributed by atoms with E-state index in [2.05, 4.69) is 16.1 Å². The van der Waals surface area contributed by atoms with Crippen molar-refractivity contribution in [3.63, 3.8) is 0 Å². The van der Waals surface area contributed by atoms with Crippen LogP contribution in [0.4, 0.5) is 0 Å². The molecule has 0 aliphatic carbocycles. The Kier molecular flexibility index (Phi) is 2.28. The summed E-state index contributed by atoms with van der Waals surface area (Å²) in [6.45, 7) is 0.432. The topological polar surface area (TPSA) is 50.4 Å². The summed E-state index contributed by atoms with van der Waals surface area (Å²) in [6, 6.07) is 0. The quantitative estimate of drug-likeness (QED) is 0.285. The van der Waals surface area contributed by atoms with Crippen LogP contribution in [0, 0.1) is 12.3 Å². The zero-order valence-electron chi connectivity index (χ0n) is 5.81. The first-order valence-corrected chi connectivity index (χ1v) is 3.00. The summed E-state index contributed by atoms with van der Waals surface area (Å²) in [5.74, 6) is 3.00. The maximum Gasteiger partial charge on any atom is 0.155 e. The number of hydrogen-bond donors (Lipinski definition) is 1. The Morgan fingerprint density at radius 2 is 2.73 bits per heavy atom. The van der Waals surface area contributed by atoms with Crippen molar-refractivity contribution in [2.75, 3.05) is 0 Å². The average molecular weight is 149 g/mol. The van der Waals surface area contributed by atoms with Crippen LogP contribution in [-0.4, -0.2) is 21.0 Å². The second-order valence-electron chi connectivity index (χ2n) is 1.86. The minimum atomic E-state index is 0.432. The van der Waals surface area contributed by atoms with Gasteiger partial charge in [0, 0.05) is 12.4 Å². The molecule has 0 aliphatic rings. The number of hydrogen-bond acceptors (Lipinski definition) is 3. The summed E-state index contributed by atoms with van der Waals surface area (Å²) >= 11 is 0. The van der Waals surface area contributed by atoms with Crippen molar-refractivity contribution in [2.24, 2.45) is 5.16 Å². The van der Waals surface area contributed by atoms with Crippen molar-refractivity contribution in [3.8, 4) is 12.3 Å². The third-order valence-electron chi connectivity index (χ3n) is 1.18. The molecule has 0 amide bonds. The second-order valence-corrected chi connectivity index (χ2v) is 1.86. The van der Waals surface area contributed by atoms with E-state index in [4.69, 9.17) is 11.6 Å². The molecule has 0 aliphatic heterocycles. The minimum absolute atomic E-state index is 0.432. The van der Waals surface area contributed by atoms with Crippen LogP contribution in [-0.2, 0) is 6.54 Å². The van der Waals surface area contributed by atoms with E-state index < -0.39 is 0 Å². The molecule has 11 heavy (non-hydrogen) atoms. The predicted octanol–water partition coefficient (Wildman–Crippen LogP) is 0.324. The highest BCUT2D eigenvalue weighted by Gasteiger charge is 1.95. The number of aromatic nitrogens is 2. The summed E-state index contributed by atoms with van der Waals surface area (Å²) in [4.78, 5) is 3.88. The van der Waals surface area contributed by atoms with Crippen molar-refractivity contribution < 1.29 is 5.21 Å². The molecule has 0 atom stereocenters. The van der Waals surface area contributed by atoms with Gasteiger partial charge in [-0.1, -0.05) is 11.1 Å². The molecule has 0 spiro atoms. The van der Waals surface area contributed by atoms with Crippen molar-refractivity contribution in [3.05, 3.63) is 18.2 Å². The first kappa shape index (κ1) is 7.35. The maximum atomic E-state index is 8.20. The number of oxime groups is 1. The van der Waals surface area contributed by atoms with E-state index in [1.807, 2.05) is 0 Å². The Bertz CT molecular complexity index is 295. The molecular formula is C7H7N3O. The molecule has 0 radical (unpaired) electrons. The lowest BCUT2D eigenvalue weighted by atomic mass is 10.6. The zero-order valence-corrected chi connectivity index (χ0v) is 5.81. The number of terminal acetylenes is 1. The SMILES string of the molecule is C#CCn1ccnc1C=NO. The van der Waals surface area contributed by atoms with Crippen molar-refractivity contribution in [1.29, 1.82) is 0 Å². The highest BCUT2D eigenvalue weighted by Crippen LogP contribution is 1.92. The lowest BCUT2D eigenvalue weighted by molar-refractivity contribution is 0.321. The second kappa shape index (κ2) is 3.42. The molecule has 1 N–H and O–H groups in total. The number of nitrogens with zero attached hydrogens (tertiary/aromatic N) is 3. The van der Waals surface area contributed by atoms with Gasteiger partial charge in [0.2, 0.25) is 0 Å². The van der Waals surface area contributed by atoms with E-state index in [1.54, 1.807) is 17.0 Å². The summed E-state index contributed by atoms with van der Waals surface area (Å²) in [6.07, 6.45) is 9.62. The van der Waals surface area contributed by atoms with E-state index in [0.29, 0.717) is 12.4 Å². The highest BCUT2D eigenvalue weighted by molar-refractivity contribution is 5.74. The Hall–Kier alpha value is -1.76. The van der Waals surface area contributed by atoms with Gasteiger partial charge in [-0.3, -0.25) is 0 Å². The first-order chi connectivity index (χ1) is 5.38. The molecule has 1 heterocycles. The normalized spacial score (nSPS) is 10.1. The molecule has 4 heteroatoms. The van der Waals surface area contributed by atoms with Crippen molar-refractivity contribution in [2.45, 2.75) is 6.54 Å². The fourth-order valence-electron chi connectivity index (χ4n) is 0.732. The molecule has 1 aromatic rings. The molecule has 0 unspecified atom stereocenters. The smallest absolute Gasteiger partial charge is 0.155 e. The third kappa shape index (κ3) is 1.58. The van der Waals surface area contributed by atoms with Crippen LogP contribution >= 0.6 is 0 Å². The van der Waals surface area contributed by atoms with E-state index in [0.717, 1.165) is 0 Å². The third-order valence-corrected chi connectivity index (χ3v) is 1.18. The molecule has 0 fully saturated rings. The fraction of sp³-hybridized carbons (Fsp3) is 0.143. The summed E-state index contributed by atoms with van der Waals surface area (Å²) in [5, 5.41) is 11.0. The van der Waals surface area contributed by atoms with Crippen molar-refractivity contribution >= 4 is 6.21 Å². The van der Waals surface area contributed by atoms with Crippen LogP contribution in [0.2, 0.25) is 0 Å². The molecule has 1 rings (SSSR count). The van der Waals surface area contributed by atoms with Gasteiger partial charge in [-0.15, -0.1) is 6.42 Å². The minimum Gasteiger partial charge on any atom is -0.411 e. The van der Waals surface area contributed by atoms with E-state index in [9.17, 15) is 0 Å².